The van der Waals surface area contributed by atoms with Crippen LogP contribution >= 0.6 is 34.2 Å². The van der Waals surface area contributed by atoms with Crippen LogP contribution in [0.5, 0.6) is 5.75 Å². The van der Waals surface area contributed by atoms with E-state index in [0.717, 1.165) is 9.13 Å². The molecule has 0 atom stereocenters. The van der Waals surface area contributed by atoms with Crippen LogP contribution in [0.2, 0.25) is 5.02 Å². The molecule has 2 aromatic carbocycles. The van der Waals surface area contributed by atoms with Crippen LogP contribution in [-0.2, 0) is 4.79 Å². The summed E-state index contributed by atoms with van der Waals surface area (Å²) in [5.74, 6) is -0.545. The largest absolute Gasteiger partial charge is 0.481 e. The summed E-state index contributed by atoms with van der Waals surface area (Å²) in [6.07, 6.45) is 1.73. The fraction of sp³-hybridized carbons (Fsp3) is 0.0588. The van der Waals surface area contributed by atoms with Gasteiger partial charge in [0, 0.05) is 10.6 Å². The lowest BCUT2D eigenvalue weighted by Crippen LogP contribution is -2.10. The number of nitriles is 1. The zero-order valence-corrected chi connectivity index (χ0v) is 14.7. The minimum atomic E-state index is -1.03. The number of hydrogen-bond acceptors (Lipinski definition) is 3. The monoisotopic (exact) mass is 439 g/mol. The van der Waals surface area contributed by atoms with Crippen LogP contribution in [0.15, 0.2) is 42.5 Å². The first-order chi connectivity index (χ1) is 11.0. The summed E-state index contributed by atoms with van der Waals surface area (Å²) in [6.45, 7) is -0.395. The highest BCUT2D eigenvalue weighted by Gasteiger charge is 2.08. The van der Waals surface area contributed by atoms with E-state index in [2.05, 4.69) is 28.7 Å². The molecule has 1 N–H and O–H groups in total. The van der Waals surface area contributed by atoms with Crippen LogP contribution in [0, 0.1) is 14.9 Å². The molecule has 0 saturated heterocycles. The van der Waals surface area contributed by atoms with Crippen molar-refractivity contribution >= 4 is 51.8 Å². The maximum Gasteiger partial charge on any atom is 0.341 e. The zero-order chi connectivity index (χ0) is 16.8. The van der Waals surface area contributed by atoms with E-state index in [1.807, 2.05) is 12.1 Å². The Bertz CT molecular complexity index is 812. The first kappa shape index (κ1) is 17.3. The van der Waals surface area contributed by atoms with Crippen molar-refractivity contribution < 1.29 is 14.6 Å². The summed E-state index contributed by atoms with van der Waals surface area (Å²) < 4.78 is 5.93. The number of benzene rings is 2. The molecule has 0 fully saturated rings. The molecule has 0 amide bonds. The van der Waals surface area contributed by atoms with E-state index < -0.39 is 12.6 Å². The van der Waals surface area contributed by atoms with Crippen LogP contribution in [0.4, 0.5) is 0 Å². The van der Waals surface area contributed by atoms with Gasteiger partial charge in [0.15, 0.2) is 6.61 Å². The number of hydrogen-bond donors (Lipinski definition) is 1. The van der Waals surface area contributed by atoms with Crippen LogP contribution in [0.25, 0.3) is 11.6 Å². The summed E-state index contributed by atoms with van der Waals surface area (Å²) >= 11 is 8.18. The first-order valence-corrected chi connectivity index (χ1v) is 7.98. The molecule has 0 radical (unpaired) electrons. The van der Waals surface area contributed by atoms with Crippen molar-refractivity contribution in [3.8, 4) is 11.8 Å². The van der Waals surface area contributed by atoms with Gasteiger partial charge >= 0.3 is 5.97 Å². The van der Waals surface area contributed by atoms with Crippen molar-refractivity contribution in [3.63, 3.8) is 0 Å². The lowest BCUT2D eigenvalue weighted by Gasteiger charge is -2.07. The molecule has 0 aliphatic heterocycles. The van der Waals surface area contributed by atoms with Crippen molar-refractivity contribution in [3.05, 3.63) is 62.2 Å². The molecule has 0 saturated carbocycles. The normalized spacial score (nSPS) is 10.9. The van der Waals surface area contributed by atoms with E-state index in [1.165, 1.54) is 0 Å². The van der Waals surface area contributed by atoms with E-state index in [9.17, 15) is 10.1 Å². The molecule has 2 rings (SSSR count). The van der Waals surface area contributed by atoms with Gasteiger partial charge in [0.05, 0.1) is 15.2 Å². The molecule has 23 heavy (non-hydrogen) atoms. The third-order valence-electron chi connectivity index (χ3n) is 2.90. The Morgan fingerprint density at radius 3 is 2.70 bits per heavy atom. The fourth-order valence-electron chi connectivity index (χ4n) is 1.88. The summed E-state index contributed by atoms with van der Waals surface area (Å²) in [6, 6.07) is 14.5. The quantitative estimate of drug-likeness (QED) is 0.424. The van der Waals surface area contributed by atoms with E-state index in [0.29, 0.717) is 21.9 Å². The van der Waals surface area contributed by atoms with Crippen molar-refractivity contribution in [2.45, 2.75) is 0 Å². The molecule has 0 unspecified atom stereocenters. The summed E-state index contributed by atoms with van der Waals surface area (Å²) in [7, 11) is 0. The molecule has 116 valence electrons. The average molecular weight is 440 g/mol. The Balaban J connectivity index is 2.31. The number of carbonyl (C=O) groups is 1. The first-order valence-electron chi connectivity index (χ1n) is 6.52. The van der Waals surface area contributed by atoms with Crippen LogP contribution in [-0.4, -0.2) is 17.7 Å². The molecule has 0 spiro atoms. The second-order valence-corrected chi connectivity index (χ2v) is 6.09. The molecule has 0 aliphatic rings. The van der Waals surface area contributed by atoms with Gasteiger partial charge in [-0.3, -0.25) is 0 Å². The maximum absolute atomic E-state index is 10.5. The van der Waals surface area contributed by atoms with Crippen molar-refractivity contribution in [1.29, 1.82) is 5.26 Å². The van der Waals surface area contributed by atoms with Crippen molar-refractivity contribution in [1.82, 2.24) is 0 Å². The topological polar surface area (TPSA) is 70.3 Å². The highest BCUT2D eigenvalue weighted by atomic mass is 127. The number of halogens is 2. The van der Waals surface area contributed by atoms with E-state index in [1.54, 1.807) is 36.4 Å². The van der Waals surface area contributed by atoms with E-state index in [4.69, 9.17) is 21.4 Å². The molecule has 0 bridgehead atoms. The summed E-state index contributed by atoms with van der Waals surface area (Å²) in [4.78, 5) is 10.5. The highest BCUT2D eigenvalue weighted by molar-refractivity contribution is 14.1. The Kier molecular flexibility index (Phi) is 6.02. The SMILES string of the molecule is N#CC(=Cc1ccc(OCC(=O)O)c(I)c1)c1ccccc1Cl. The minimum absolute atomic E-state index is 0.395. The van der Waals surface area contributed by atoms with Gasteiger partial charge in [0.2, 0.25) is 0 Å². The Labute approximate surface area is 152 Å². The third kappa shape index (κ3) is 4.71. The van der Waals surface area contributed by atoms with Crippen LogP contribution in [0.1, 0.15) is 11.1 Å². The van der Waals surface area contributed by atoms with Gasteiger partial charge in [0.1, 0.15) is 5.75 Å². The zero-order valence-electron chi connectivity index (χ0n) is 11.8. The standard InChI is InChI=1S/C17H11ClINO3/c18-14-4-2-1-3-13(14)12(9-20)7-11-5-6-16(15(19)8-11)23-10-17(21)22/h1-8H,10H2,(H,21,22). The molecule has 0 aliphatic carbocycles. The number of carboxylic acids is 1. The smallest absolute Gasteiger partial charge is 0.341 e. The highest BCUT2D eigenvalue weighted by Crippen LogP contribution is 2.27. The lowest BCUT2D eigenvalue weighted by molar-refractivity contribution is -0.139. The average Bonchev–Trinajstić information content (AvgIpc) is 2.52. The number of allylic oxidation sites excluding steroid dienone is 1. The third-order valence-corrected chi connectivity index (χ3v) is 4.08. The van der Waals surface area contributed by atoms with E-state index in [-0.39, 0.29) is 0 Å². The Morgan fingerprint density at radius 2 is 2.09 bits per heavy atom. The molecule has 6 heteroatoms. The predicted octanol–water partition coefficient (Wildman–Crippen LogP) is 4.47. The molecular formula is C17H11ClINO3. The van der Waals surface area contributed by atoms with Crippen molar-refractivity contribution in [2.75, 3.05) is 6.61 Å². The summed E-state index contributed by atoms with van der Waals surface area (Å²) in [5.41, 5.74) is 1.91. The molecular weight excluding hydrogens is 429 g/mol. The van der Waals surface area contributed by atoms with E-state index >= 15 is 0 Å². The Hall–Kier alpha value is -2.04. The molecule has 0 heterocycles. The summed E-state index contributed by atoms with van der Waals surface area (Å²) in [5, 5.41) is 18.5. The van der Waals surface area contributed by atoms with Crippen molar-refractivity contribution in [2.24, 2.45) is 0 Å². The van der Waals surface area contributed by atoms with Gasteiger partial charge < -0.3 is 9.84 Å². The van der Waals surface area contributed by atoms with Gasteiger partial charge in [-0.2, -0.15) is 5.26 Å². The number of carboxylic acid groups (broad SMARTS) is 1. The molecule has 0 aromatic heterocycles. The van der Waals surface area contributed by atoms with Gasteiger partial charge in [-0.15, -0.1) is 0 Å². The fourth-order valence-corrected chi connectivity index (χ4v) is 2.81. The van der Waals surface area contributed by atoms with Gasteiger partial charge in [-0.05, 0) is 52.4 Å². The molecule has 2 aromatic rings. The second kappa shape index (κ2) is 7.99. The van der Waals surface area contributed by atoms with Crippen LogP contribution in [0.3, 0.4) is 0 Å². The van der Waals surface area contributed by atoms with Gasteiger partial charge in [-0.1, -0.05) is 35.9 Å². The molecule has 4 nitrogen and oxygen atoms in total. The number of aliphatic carboxylic acids is 1. The second-order valence-electron chi connectivity index (χ2n) is 4.52. The van der Waals surface area contributed by atoms with Gasteiger partial charge in [-0.25, -0.2) is 4.79 Å². The maximum atomic E-state index is 10.5. The number of ether oxygens (including phenoxy) is 1. The Morgan fingerprint density at radius 1 is 1.35 bits per heavy atom. The van der Waals surface area contributed by atoms with Crippen LogP contribution < -0.4 is 4.74 Å². The number of rotatable bonds is 5. The number of nitrogens with zero attached hydrogens (tertiary/aromatic N) is 1. The lowest BCUT2D eigenvalue weighted by atomic mass is 10.0. The minimum Gasteiger partial charge on any atom is -0.481 e. The predicted molar refractivity (Wildman–Crippen MR) is 97.2 cm³/mol. The van der Waals surface area contributed by atoms with Gasteiger partial charge in [0.25, 0.3) is 0 Å².